The monoisotopic (exact) mass is 392 g/mol. The van der Waals surface area contributed by atoms with Crippen molar-refractivity contribution in [1.29, 1.82) is 0 Å². The van der Waals surface area contributed by atoms with Gasteiger partial charge in [0.05, 0.1) is 16.4 Å². The Hall–Kier alpha value is -3.38. The fourth-order valence-electron chi connectivity index (χ4n) is 2.76. The van der Waals surface area contributed by atoms with Crippen LogP contribution >= 0.6 is 11.6 Å². The van der Waals surface area contributed by atoms with Crippen molar-refractivity contribution in [3.05, 3.63) is 77.3 Å². The maximum atomic E-state index is 12.3. The van der Waals surface area contributed by atoms with Crippen LogP contribution in [0.25, 0.3) is 16.7 Å². The van der Waals surface area contributed by atoms with E-state index < -0.39 is 0 Å². The number of ether oxygens (including phenoxy) is 1. The van der Waals surface area contributed by atoms with E-state index in [9.17, 15) is 4.79 Å². The number of nitrogens with one attached hydrogen (secondary N) is 1. The zero-order chi connectivity index (χ0) is 19.5. The summed E-state index contributed by atoms with van der Waals surface area (Å²) in [5, 5.41) is 12.0. The Kier molecular flexibility index (Phi) is 4.95. The van der Waals surface area contributed by atoms with E-state index in [-0.39, 0.29) is 12.5 Å². The molecule has 1 amide bonds. The summed E-state index contributed by atoms with van der Waals surface area (Å²) in [7, 11) is 0. The quantitative estimate of drug-likeness (QED) is 0.546. The first-order valence-electron chi connectivity index (χ1n) is 8.70. The summed E-state index contributed by atoms with van der Waals surface area (Å²) in [6, 6.07) is 20.5. The van der Waals surface area contributed by atoms with Crippen molar-refractivity contribution in [1.82, 2.24) is 15.0 Å². The van der Waals surface area contributed by atoms with Crippen LogP contribution in [0.3, 0.4) is 0 Å². The molecule has 4 aromatic rings. The molecule has 0 fully saturated rings. The van der Waals surface area contributed by atoms with Crippen molar-refractivity contribution >= 4 is 34.2 Å². The first-order chi connectivity index (χ1) is 13.6. The van der Waals surface area contributed by atoms with Crippen LogP contribution in [-0.4, -0.2) is 27.5 Å². The molecule has 7 heteroatoms. The SMILES string of the molecule is Cc1ccccc1OCC(=O)Nc1cc2nn(-c3ccccc3)nc2cc1Cl. The van der Waals surface area contributed by atoms with E-state index in [4.69, 9.17) is 16.3 Å². The lowest BCUT2D eigenvalue weighted by Gasteiger charge is -2.10. The number of halogens is 1. The van der Waals surface area contributed by atoms with E-state index in [0.717, 1.165) is 11.3 Å². The number of carbonyl (C=O) groups is 1. The van der Waals surface area contributed by atoms with E-state index in [1.165, 1.54) is 4.80 Å². The van der Waals surface area contributed by atoms with Gasteiger partial charge in [0.1, 0.15) is 16.8 Å². The van der Waals surface area contributed by atoms with Gasteiger partial charge in [-0.15, -0.1) is 10.2 Å². The largest absolute Gasteiger partial charge is 0.483 e. The van der Waals surface area contributed by atoms with Crippen molar-refractivity contribution in [2.24, 2.45) is 0 Å². The number of rotatable bonds is 5. The van der Waals surface area contributed by atoms with E-state index in [0.29, 0.717) is 27.5 Å². The standard InChI is InChI=1S/C21H17ClN4O2/c1-14-7-5-6-10-20(14)28-13-21(27)23-17-12-19-18(11-16(17)22)24-26(25-19)15-8-3-2-4-9-15/h2-12H,13H2,1H3,(H,23,27). The molecule has 28 heavy (non-hydrogen) atoms. The zero-order valence-corrected chi connectivity index (χ0v) is 15.8. The number of nitrogens with zero attached hydrogens (tertiary/aromatic N) is 3. The van der Waals surface area contributed by atoms with Gasteiger partial charge >= 0.3 is 0 Å². The molecule has 1 aromatic heterocycles. The van der Waals surface area contributed by atoms with Crippen molar-refractivity contribution in [2.45, 2.75) is 6.92 Å². The minimum Gasteiger partial charge on any atom is -0.483 e. The van der Waals surface area contributed by atoms with Gasteiger partial charge in [0.25, 0.3) is 5.91 Å². The minimum absolute atomic E-state index is 0.115. The summed E-state index contributed by atoms with van der Waals surface area (Å²) in [5.74, 6) is 0.366. The molecular weight excluding hydrogens is 376 g/mol. The highest BCUT2D eigenvalue weighted by Gasteiger charge is 2.12. The summed E-state index contributed by atoms with van der Waals surface area (Å²) >= 11 is 6.31. The number of aryl methyl sites for hydroxylation is 1. The van der Waals surface area contributed by atoms with Gasteiger partial charge in [0.15, 0.2) is 6.61 Å². The van der Waals surface area contributed by atoms with Gasteiger partial charge in [-0.05, 0) is 42.8 Å². The summed E-state index contributed by atoms with van der Waals surface area (Å²) < 4.78 is 5.57. The van der Waals surface area contributed by atoms with Gasteiger partial charge in [0.2, 0.25) is 0 Å². The summed E-state index contributed by atoms with van der Waals surface area (Å²) in [5.41, 5.74) is 3.54. The molecule has 1 N–H and O–H groups in total. The number of hydrogen-bond donors (Lipinski definition) is 1. The third-order valence-electron chi connectivity index (χ3n) is 4.18. The molecule has 6 nitrogen and oxygen atoms in total. The summed E-state index contributed by atoms with van der Waals surface area (Å²) in [6.45, 7) is 1.81. The normalized spacial score (nSPS) is 10.8. The number of para-hydroxylation sites is 2. The molecule has 0 saturated heterocycles. The zero-order valence-electron chi connectivity index (χ0n) is 15.1. The number of fused-ring (bicyclic) bond motifs is 1. The Balaban J connectivity index is 1.51. The van der Waals surface area contributed by atoms with Gasteiger partial charge < -0.3 is 10.1 Å². The van der Waals surface area contributed by atoms with Crippen molar-refractivity contribution < 1.29 is 9.53 Å². The van der Waals surface area contributed by atoms with Gasteiger partial charge in [-0.1, -0.05) is 48.0 Å². The fourth-order valence-corrected chi connectivity index (χ4v) is 2.96. The minimum atomic E-state index is -0.306. The summed E-state index contributed by atoms with van der Waals surface area (Å²) in [4.78, 5) is 13.8. The predicted octanol–water partition coefficient (Wildman–Crippen LogP) is 4.40. The van der Waals surface area contributed by atoms with Crippen LogP contribution in [-0.2, 0) is 4.79 Å². The van der Waals surface area contributed by atoms with E-state index in [2.05, 4.69) is 15.5 Å². The second-order valence-corrected chi connectivity index (χ2v) is 6.66. The van der Waals surface area contributed by atoms with Crippen molar-refractivity contribution in [3.63, 3.8) is 0 Å². The topological polar surface area (TPSA) is 69.0 Å². The number of amides is 1. The molecule has 3 aromatic carbocycles. The smallest absolute Gasteiger partial charge is 0.262 e. The van der Waals surface area contributed by atoms with E-state index in [1.807, 2.05) is 61.5 Å². The van der Waals surface area contributed by atoms with Crippen LogP contribution in [0.1, 0.15) is 5.56 Å². The second-order valence-electron chi connectivity index (χ2n) is 6.25. The molecule has 4 rings (SSSR count). The number of benzene rings is 3. The van der Waals surface area contributed by atoms with E-state index in [1.54, 1.807) is 12.1 Å². The number of carbonyl (C=O) groups excluding carboxylic acids is 1. The molecular formula is C21H17ClN4O2. The molecule has 0 aliphatic heterocycles. The Morgan fingerprint density at radius 3 is 2.46 bits per heavy atom. The van der Waals surface area contributed by atoms with Gasteiger partial charge in [0, 0.05) is 0 Å². The molecule has 0 atom stereocenters. The second kappa shape index (κ2) is 7.70. The Morgan fingerprint density at radius 2 is 1.71 bits per heavy atom. The lowest BCUT2D eigenvalue weighted by molar-refractivity contribution is -0.118. The Morgan fingerprint density at radius 1 is 1.04 bits per heavy atom. The molecule has 0 radical (unpaired) electrons. The molecule has 140 valence electrons. The first kappa shape index (κ1) is 18.0. The van der Waals surface area contributed by atoms with Gasteiger partial charge in [-0.25, -0.2) is 0 Å². The molecule has 0 aliphatic carbocycles. The van der Waals surface area contributed by atoms with Crippen LogP contribution in [0.5, 0.6) is 5.75 Å². The molecule has 0 unspecified atom stereocenters. The van der Waals surface area contributed by atoms with Crippen LogP contribution in [0.15, 0.2) is 66.7 Å². The van der Waals surface area contributed by atoms with Crippen LogP contribution in [0.2, 0.25) is 5.02 Å². The highest BCUT2D eigenvalue weighted by atomic mass is 35.5. The maximum Gasteiger partial charge on any atom is 0.262 e. The number of anilines is 1. The molecule has 0 aliphatic rings. The van der Waals surface area contributed by atoms with Crippen LogP contribution < -0.4 is 10.1 Å². The van der Waals surface area contributed by atoms with Crippen LogP contribution in [0, 0.1) is 6.92 Å². The van der Waals surface area contributed by atoms with E-state index >= 15 is 0 Å². The Bertz CT molecular complexity index is 1140. The maximum absolute atomic E-state index is 12.3. The predicted molar refractivity (Wildman–Crippen MR) is 109 cm³/mol. The molecule has 1 heterocycles. The lowest BCUT2D eigenvalue weighted by Crippen LogP contribution is -2.20. The van der Waals surface area contributed by atoms with Crippen molar-refractivity contribution in [2.75, 3.05) is 11.9 Å². The van der Waals surface area contributed by atoms with Gasteiger partial charge in [-0.2, -0.15) is 4.80 Å². The Labute approximate surface area is 166 Å². The fraction of sp³-hybridized carbons (Fsp3) is 0.0952. The van der Waals surface area contributed by atoms with Gasteiger partial charge in [-0.3, -0.25) is 4.79 Å². The average Bonchev–Trinajstić information content (AvgIpc) is 3.11. The van der Waals surface area contributed by atoms with Crippen LogP contribution in [0.4, 0.5) is 5.69 Å². The molecule has 0 bridgehead atoms. The third kappa shape index (κ3) is 3.82. The average molecular weight is 393 g/mol. The number of hydrogen-bond acceptors (Lipinski definition) is 4. The molecule has 0 spiro atoms. The first-order valence-corrected chi connectivity index (χ1v) is 9.08. The number of aromatic nitrogens is 3. The molecule has 0 saturated carbocycles. The highest BCUT2D eigenvalue weighted by Crippen LogP contribution is 2.27. The third-order valence-corrected chi connectivity index (χ3v) is 4.50. The summed E-state index contributed by atoms with van der Waals surface area (Å²) in [6.07, 6.45) is 0. The highest BCUT2D eigenvalue weighted by molar-refractivity contribution is 6.34. The van der Waals surface area contributed by atoms with Crippen molar-refractivity contribution in [3.8, 4) is 11.4 Å². The lowest BCUT2D eigenvalue weighted by atomic mass is 10.2.